The number of halogens is 1. The molecule has 4 aromatic rings. The minimum Gasteiger partial charge on any atom is -0.371 e. The molecule has 0 unspecified atom stereocenters. The van der Waals surface area contributed by atoms with Crippen molar-refractivity contribution in [3.8, 4) is 11.8 Å². The van der Waals surface area contributed by atoms with Gasteiger partial charge in [-0.25, -0.2) is 9.97 Å². The first-order chi connectivity index (χ1) is 17.4. The summed E-state index contributed by atoms with van der Waals surface area (Å²) in [5, 5.41) is 13.7. The number of benzene rings is 2. The Morgan fingerprint density at radius 3 is 2.64 bits per heavy atom. The van der Waals surface area contributed by atoms with Gasteiger partial charge < -0.3 is 16.0 Å². The number of rotatable bonds is 4. The summed E-state index contributed by atoms with van der Waals surface area (Å²) in [5.41, 5.74) is 10.7. The van der Waals surface area contributed by atoms with Crippen LogP contribution in [-0.4, -0.2) is 33.7 Å². The van der Waals surface area contributed by atoms with Crippen LogP contribution in [0.4, 0.5) is 17.3 Å². The van der Waals surface area contributed by atoms with Crippen LogP contribution in [0.25, 0.3) is 16.6 Å². The zero-order valence-corrected chi connectivity index (χ0v) is 20.9. The Balaban J connectivity index is 1.48. The van der Waals surface area contributed by atoms with Crippen LogP contribution < -0.4 is 21.5 Å². The molecule has 9 heteroatoms. The monoisotopic (exact) mass is 499 g/mol. The Morgan fingerprint density at radius 2 is 1.94 bits per heavy atom. The Hall–Kier alpha value is -3.93. The molecule has 0 bridgehead atoms. The predicted molar refractivity (Wildman–Crippen MR) is 143 cm³/mol. The lowest BCUT2D eigenvalue weighted by Gasteiger charge is -2.33. The highest BCUT2D eigenvalue weighted by atomic mass is 35.5. The second-order valence-electron chi connectivity index (χ2n) is 9.14. The Labute approximate surface area is 214 Å². The molecule has 0 radical (unpaired) electrons. The highest BCUT2D eigenvalue weighted by molar-refractivity contribution is 6.32. The number of anilines is 3. The van der Waals surface area contributed by atoms with Crippen LogP contribution in [0.3, 0.4) is 0 Å². The van der Waals surface area contributed by atoms with E-state index in [0.717, 1.165) is 42.7 Å². The Morgan fingerprint density at radius 1 is 1.17 bits per heavy atom. The second-order valence-corrected chi connectivity index (χ2v) is 9.55. The van der Waals surface area contributed by atoms with E-state index in [2.05, 4.69) is 39.2 Å². The number of hydrogen-bond donors (Lipinski definition) is 2. The van der Waals surface area contributed by atoms with Gasteiger partial charge >= 0.3 is 0 Å². The van der Waals surface area contributed by atoms with E-state index in [4.69, 9.17) is 17.3 Å². The molecule has 0 atom stereocenters. The number of nitrogens with one attached hydrogen (secondary N) is 1. The number of pyridine rings is 1. The molecular formula is C27H26ClN7O. The summed E-state index contributed by atoms with van der Waals surface area (Å²) in [7, 11) is 0. The van der Waals surface area contributed by atoms with Crippen molar-refractivity contribution in [3.05, 3.63) is 80.9 Å². The van der Waals surface area contributed by atoms with Crippen molar-refractivity contribution in [2.24, 2.45) is 5.73 Å². The van der Waals surface area contributed by atoms with E-state index in [9.17, 15) is 10.1 Å². The minimum atomic E-state index is -0.340. The van der Waals surface area contributed by atoms with Crippen LogP contribution in [-0.2, 0) is 0 Å². The molecule has 5 rings (SSSR count). The van der Waals surface area contributed by atoms with Gasteiger partial charge in [-0.2, -0.15) is 5.26 Å². The summed E-state index contributed by atoms with van der Waals surface area (Å²) >= 11 is 6.39. The van der Waals surface area contributed by atoms with Crippen LogP contribution in [0.1, 0.15) is 29.5 Å². The van der Waals surface area contributed by atoms with E-state index in [-0.39, 0.29) is 22.6 Å². The molecule has 8 nitrogen and oxygen atoms in total. The SMILES string of the molecule is Cc1cc(Nc2ncc3c(=O)n(-c4c(C)cccc4Cl)cc(C#N)c3n2)ccc1N1CCC(N)CC1. The van der Waals surface area contributed by atoms with Crippen molar-refractivity contribution in [1.29, 1.82) is 5.26 Å². The lowest BCUT2D eigenvalue weighted by Crippen LogP contribution is -2.39. The first kappa shape index (κ1) is 23.8. The molecule has 36 heavy (non-hydrogen) atoms. The third kappa shape index (κ3) is 4.39. The summed E-state index contributed by atoms with van der Waals surface area (Å²) in [6.45, 7) is 5.83. The van der Waals surface area contributed by atoms with Crippen molar-refractivity contribution >= 4 is 39.8 Å². The van der Waals surface area contributed by atoms with Gasteiger partial charge in [0, 0.05) is 42.9 Å². The van der Waals surface area contributed by atoms with Gasteiger partial charge in [-0.05, 0) is 62.1 Å². The largest absolute Gasteiger partial charge is 0.371 e. The maximum Gasteiger partial charge on any atom is 0.266 e. The average Bonchev–Trinajstić information content (AvgIpc) is 2.86. The van der Waals surface area contributed by atoms with Gasteiger partial charge in [-0.1, -0.05) is 23.7 Å². The van der Waals surface area contributed by atoms with E-state index >= 15 is 0 Å². The molecule has 0 aliphatic carbocycles. The fourth-order valence-corrected chi connectivity index (χ4v) is 5.03. The first-order valence-corrected chi connectivity index (χ1v) is 12.2. The molecule has 0 spiro atoms. The molecular weight excluding hydrogens is 474 g/mol. The molecule has 2 aromatic heterocycles. The smallest absolute Gasteiger partial charge is 0.266 e. The Bertz CT molecular complexity index is 1550. The van der Waals surface area contributed by atoms with Crippen molar-refractivity contribution in [1.82, 2.24) is 14.5 Å². The zero-order valence-electron chi connectivity index (χ0n) is 20.1. The number of nitrogens with zero attached hydrogens (tertiary/aromatic N) is 5. The molecule has 0 saturated carbocycles. The van der Waals surface area contributed by atoms with Gasteiger partial charge in [-0.3, -0.25) is 9.36 Å². The van der Waals surface area contributed by atoms with E-state index < -0.39 is 0 Å². The highest BCUT2D eigenvalue weighted by Gasteiger charge is 2.19. The van der Waals surface area contributed by atoms with Crippen molar-refractivity contribution < 1.29 is 0 Å². The lowest BCUT2D eigenvalue weighted by molar-refractivity contribution is 0.501. The number of nitrogens with two attached hydrogens (primary N) is 1. The maximum absolute atomic E-state index is 13.3. The van der Waals surface area contributed by atoms with Crippen LogP contribution >= 0.6 is 11.6 Å². The van der Waals surface area contributed by atoms with Gasteiger partial charge in [0.05, 0.1) is 21.7 Å². The molecule has 0 amide bonds. The number of fused-ring (bicyclic) bond motifs is 1. The normalized spacial score (nSPS) is 14.1. The van der Waals surface area contributed by atoms with Crippen molar-refractivity contribution in [2.45, 2.75) is 32.7 Å². The molecule has 3 N–H and O–H groups in total. The van der Waals surface area contributed by atoms with Gasteiger partial charge in [0.25, 0.3) is 5.56 Å². The lowest BCUT2D eigenvalue weighted by atomic mass is 10.0. The molecule has 1 saturated heterocycles. The van der Waals surface area contributed by atoms with Crippen LogP contribution in [0.15, 0.2) is 53.6 Å². The molecule has 1 fully saturated rings. The minimum absolute atomic E-state index is 0.244. The summed E-state index contributed by atoms with van der Waals surface area (Å²) in [5.74, 6) is 0.307. The summed E-state index contributed by atoms with van der Waals surface area (Å²) < 4.78 is 1.39. The quantitative estimate of drug-likeness (QED) is 0.422. The number of piperidine rings is 1. The van der Waals surface area contributed by atoms with E-state index in [0.29, 0.717) is 22.2 Å². The number of nitriles is 1. The van der Waals surface area contributed by atoms with Crippen LogP contribution in [0.5, 0.6) is 0 Å². The standard InChI is InChI=1S/C27H26ClN7O/c1-16-4-3-5-22(28)25(16)35-15-18(13-29)24-21(26(35)36)14-31-27(33-24)32-20-6-7-23(17(2)12-20)34-10-8-19(30)9-11-34/h3-7,12,14-15,19H,8-11,30H2,1-2H3,(H,31,32,33). The van der Waals surface area contributed by atoms with Gasteiger partial charge in [0.1, 0.15) is 11.6 Å². The molecule has 1 aliphatic heterocycles. The van der Waals surface area contributed by atoms with Gasteiger partial charge in [0.2, 0.25) is 5.95 Å². The zero-order chi connectivity index (χ0) is 25.4. The summed E-state index contributed by atoms with van der Waals surface area (Å²) in [6.07, 6.45) is 4.92. The van der Waals surface area contributed by atoms with Gasteiger partial charge in [0.15, 0.2) is 0 Å². The number of para-hydroxylation sites is 1. The van der Waals surface area contributed by atoms with Crippen molar-refractivity contribution in [2.75, 3.05) is 23.3 Å². The fourth-order valence-electron chi connectivity index (χ4n) is 4.72. The number of hydrogen-bond acceptors (Lipinski definition) is 7. The molecule has 3 heterocycles. The molecule has 182 valence electrons. The van der Waals surface area contributed by atoms with E-state index in [1.54, 1.807) is 6.07 Å². The van der Waals surface area contributed by atoms with Crippen LogP contribution in [0, 0.1) is 25.2 Å². The van der Waals surface area contributed by atoms with Crippen molar-refractivity contribution in [3.63, 3.8) is 0 Å². The fraction of sp³-hybridized carbons (Fsp3) is 0.259. The first-order valence-electron chi connectivity index (χ1n) is 11.8. The third-order valence-electron chi connectivity index (χ3n) is 6.63. The molecule has 2 aromatic carbocycles. The topological polar surface area (TPSA) is 113 Å². The predicted octanol–water partition coefficient (Wildman–Crippen LogP) is 4.59. The maximum atomic E-state index is 13.3. The van der Waals surface area contributed by atoms with Gasteiger partial charge in [-0.15, -0.1) is 0 Å². The third-order valence-corrected chi connectivity index (χ3v) is 6.94. The average molecular weight is 500 g/mol. The van der Waals surface area contributed by atoms with E-state index in [1.807, 2.05) is 31.2 Å². The van der Waals surface area contributed by atoms with E-state index in [1.165, 1.54) is 22.6 Å². The molecule has 1 aliphatic rings. The van der Waals surface area contributed by atoms with Crippen LogP contribution in [0.2, 0.25) is 5.02 Å². The Kier molecular flexibility index (Phi) is 6.35. The second kappa shape index (κ2) is 9.61. The number of aromatic nitrogens is 3. The summed E-state index contributed by atoms with van der Waals surface area (Å²) in [4.78, 5) is 24.5. The number of aryl methyl sites for hydroxylation is 2. The summed E-state index contributed by atoms with van der Waals surface area (Å²) in [6, 6.07) is 13.9. The highest BCUT2D eigenvalue weighted by Crippen LogP contribution is 2.28.